The monoisotopic (exact) mass is 256 g/mol. The number of carbonyl (C=O) groups excluding carboxylic acids is 1. The van der Waals surface area contributed by atoms with E-state index in [2.05, 4.69) is 26.1 Å². The summed E-state index contributed by atoms with van der Waals surface area (Å²) in [6.45, 7) is 13.2. The van der Waals surface area contributed by atoms with Gasteiger partial charge in [-0.05, 0) is 18.4 Å². The molecule has 1 amide bonds. The van der Waals surface area contributed by atoms with Crippen molar-refractivity contribution in [2.75, 3.05) is 39.4 Å². The minimum atomic E-state index is 0.0194. The smallest absolute Gasteiger partial charge is 0.226 e. The second kappa shape index (κ2) is 7.10. The van der Waals surface area contributed by atoms with Crippen molar-refractivity contribution in [3.05, 3.63) is 0 Å². The zero-order chi connectivity index (χ0) is 13.6. The van der Waals surface area contributed by atoms with Gasteiger partial charge in [0.2, 0.25) is 5.91 Å². The third kappa shape index (κ3) is 4.94. The zero-order valence-electron chi connectivity index (χ0n) is 12.3. The third-order valence-corrected chi connectivity index (χ3v) is 3.69. The molecule has 1 aliphatic heterocycles. The maximum Gasteiger partial charge on any atom is 0.226 e. The van der Waals surface area contributed by atoms with Crippen LogP contribution >= 0.6 is 0 Å². The van der Waals surface area contributed by atoms with Crippen molar-refractivity contribution in [2.24, 2.45) is 11.3 Å². The molecule has 0 radical (unpaired) electrons. The molecule has 4 nitrogen and oxygen atoms in total. The summed E-state index contributed by atoms with van der Waals surface area (Å²) < 4.78 is 5.50. The molecule has 0 aromatic rings. The quantitative estimate of drug-likeness (QED) is 0.773. The molecule has 0 aromatic carbocycles. The van der Waals surface area contributed by atoms with Crippen molar-refractivity contribution >= 4 is 5.91 Å². The predicted octanol–water partition coefficient (Wildman–Crippen LogP) is 1.51. The van der Waals surface area contributed by atoms with E-state index in [4.69, 9.17) is 4.74 Å². The Kier molecular flexibility index (Phi) is 6.09. The molecule has 0 aliphatic carbocycles. The van der Waals surface area contributed by atoms with Gasteiger partial charge in [0.15, 0.2) is 0 Å². The number of hydrogen-bond donors (Lipinski definition) is 1. The first-order valence-corrected chi connectivity index (χ1v) is 7.00. The normalized spacial score (nSPS) is 21.4. The highest BCUT2D eigenvalue weighted by Gasteiger charge is 2.30. The number of nitrogens with one attached hydrogen (secondary N) is 1. The van der Waals surface area contributed by atoms with E-state index in [1.54, 1.807) is 0 Å². The second-order valence-electron chi connectivity index (χ2n) is 6.13. The van der Waals surface area contributed by atoms with Crippen LogP contribution < -0.4 is 5.32 Å². The van der Waals surface area contributed by atoms with E-state index in [1.807, 2.05) is 11.8 Å². The highest BCUT2D eigenvalue weighted by atomic mass is 16.5. The van der Waals surface area contributed by atoms with E-state index in [9.17, 15) is 4.79 Å². The van der Waals surface area contributed by atoms with Gasteiger partial charge in [0.25, 0.3) is 0 Å². The molecule has 1 atom stereocenters. The van der Waals surface area contributed by atoms with Gasteiger partial charge in [0.1, 0.15) is 0 Å². The molecule has 1 heterocycles. The summed E-state index contributed by atoms with van der Waals surface area (Å²) in [5.74, 6) is 0.306. The first-order valence-electron chi connectivity index (χ1n) is 7.00. The topological polar surface area (TPSA) is 41.6 Å². The summed E-state index contributed by atoms with van der Waals surface area (Å²) in [4.78, 5) is 14.4. The first-order chi connectivity index (χ1) is 8.43. The number of rotatable bonds is 1. The molecule has 1 saturated heterocycles. The van der Waals surface area contributed by atoms with E-state index in [0.29, 0.717) is 6.61 Å². The summed E-state index contributed by atoms with van der Waals surface area (Å²) in [6, 6.07) is 0. The molecule has 0 aromatic heterocycles. The molecular weight excluding hydrogens is 228 g/mol. The molecular formula is C14H28N2O2. The average Bonchev–Trinajstić information content (AvgIpc) is 2.33. The maximum atomic E-state index is 12.5. The largest absolute Gasteiger partial charge is 0.378 e. The molecule has 1 aliphatic rings. The van der Waals surface area contributed by atoms with Crippen LogP contribution in [0.4, 0.5) is 0 Å². The van der Waals surface area contributed by atoms with Crippen LogP contribution in [0.1, 0.15) is 34.1 Å². The molecule has 18 heavy (non-hydrogen) atoms. The maximum absolute atomic E-state index is 12.5. The van der Waals surface area contributed by atoms with Gasteiger partial charge in [0.05, 0.1) is 13.2 Å². The Bertz CT molecular complexity index is 251. The van der Waals surface area contributed by atoms with Gasteiger partial charge in [-0.3, -0.25) is 4.79 Å². The second-order valence-corrected chi connectivity index (χ2v) is 6.13. The van der Waals surface area contributed by atoms with Crippen molar-refractivity contribution < 1.29 is 9.53 Å². The number of ether oxygens (including phenoxy) is 1. The molecule has 0 spiro atoms. The van der Waals surface area contributed by atoms with Crippen LogP contribution in [0, 0.1) is 11.3 Å². The van der Waals surface area contributed by atoms with Crippen LogP contribution in [-0.2, 0) is 9.53 Å². The Labute approximate surface area is 111 Å². The van der Waals surface area contributed by atoms with Crippen molar-refractivity contribution in [3.8, 4) is 0 Å². The highest BCUT2D eigenvalue weighted by Crippen LogP contribution is 2.27. The lowest BCUT2D eigenvalue weighted by Gasteiger charge is -2.32. The van der Waals surface area contributed by atoms with E-state index < -0.39 is 0 Å². The van der Waals surface area contributed by atoms with Gasteiger partial charge < -0.3 is 15.0 Å². The molecule has 1 fully saturated rings. The lowest BCUT2D eigenvalue weighted by Crippen LogP contribution is -2.43. The van der Waals surface area contributed by atoms with Crippen molar-refractivity contribution in [3.63, 3.8) is 0 Å². The van der Waals surface area contributed by atoms with Crippen LogP contribution in [0.3, 0.4) is 0 Å². The van der Waals surface area contributed by atoms with Crippen molar-refractivity contribution in [1.82, 2.24) is 10.2 Å². The fourth-order valence-corrected chi connectivity index (χ4v) is 1.92. The summed E-state index contributed by atoms with van der Waals surface area (Å²) >= 11 is 0. The van der Waals surface area contributed by atoms with E-state index in [-0.39, 0.29) is 17.2 Å². The Morgan fingerprint density at radius 1 is 1.22 bits per heavy atom. The van der Waals surface area contributed by atoms with Crippen LogP contribution in [0.5, 0.6) is 0 Å². The van der Waals surface area contributed by atoms with Gasteiger partial charge in [0, 0.05) is 25.6 Å². The third-order valence-electron chi connectivity index (χ3n) is 3.69. The number of nitrogens with zero attached hydrogens (tertiary/aromatic N) is 1. The Hall–Kier alpha value is -0.610. The number of carbonyl (C=O) groups is 1. The fraction of sp³-hybridized carbons (Fsp3) is 0.929. The first kappa shape index (κ1) is 15.4. The van der Waals surface area contributed by atoms with Crippen LogP contribution in [-0.4, -0.2) is 50.2 Å². The van der Waals surface area contributed by atoms with Gasteiger partial charge in [-0.2, -0.15) is 0 Å². The fourth-order valence-electron chi connectivity index (χ4n) is 1.92. The van der Waals surface area contributed by atoms with Crippen LogP contribution in [0.2, 0.25) is 0 Å². The summed E-state index contributed by atoms with van der Waals surface area (Å²) in [5, 5.41) is 3.31. The Balaban J connectivity index is 2.56. The van der Waals surface area contributed by atoms with E-state index >= 15 is 0 Å². The summed E-state index contributed by atoms with van der Waals surface area (Å²) in [5.41, 5.74) is 0.0194. The SMILES string of the molecule is CC(C(=O)N1CCCNCCOCC1)C(C)(C)C. The van der Waals surface area contributed by atoms with Gasteiger partial charge in [-0.1, -0.05) is 27.7 Å². The molecule has 106 valence electrons. The highest BCUT2D eigenvalue weighted by molar-refractivity contribution is 5.79. The lowest BCUT2D eigenvalue weighted by atomic mass is 9.81. The van der Waals surface area contributed by atoms with Gasteiger partial charge in [-0.25, -0.2) is 0 Å². The molecule has 1 N–H and O–H groups in total. The number of hydrogen-bond acceptors (Lipinski definition) is 3. The average molecular weight is 256 g/mol. The standard InChI is InChI=1S/C14H28N2O2/c1-12(14(2,3)4)13(17)16-8-5-6-15-7-10-18-11-9-16/h12,15H,5-11H2,1-4H3. The minimum Gasteiger partial charge on any atom is -0.378 e. The van der Waals surface area contributed by atoms with Gasteiger partial charge in [-0.15, -0.1) is 0 Å². The van der Waals surface area contributed by atoms with E-state index in [0.717, 1.165) is 39.2 Å². The van der Waals surface area contributed by atoms with Gasteiger partial charge >= 0.3 is 0 Å². The summed E-state index contributed by atoms with van der Waals surface area (Å²) in [7, 11) is 0. The van der Waals surface area contributed by atoms with Crippen LogP contribution in [0.25, 0.3) is 0 Å². The lowest BCUT2D eigenvalue weighted by molar-refractivity contribution is -0.139. The molecule has 1 unspecified atom stereocenters. The molecule has 0 saturated carbocycles. The van der Waals surface area contributed by atoms with Crippen molar-refractivity contribution in [1.29, 1.82) is 0 Å². The molecule has 4 heteroatoms. The zero-order valence-corrected chi connectivity index (χ0v) is 12.3. The minimum absolute atomic E-state index is 0.0194. The molecule has 1 rings (SSSR count). The van der Waals surface area contributed by atoms with E-state index in [1.165, 1.54) is 0 Å². The number of amides is 1. The summed E-state index contributed by atoms with van der Waals surface area (Å²) in [6.07, 6.45) is 1.02. The Morgan fingerprint density at radius 3 is 2.61 bits per heavy atom. The predicted molar refractivity (Wildman–Crippen MR) is 73.5 cm³/mol. The Morgan fingerprint density at radius 2 is 1.94 bits per heavy atom. The van der Waals surface area contributed by atoms with Crippen molar-refractivity contribution in [2.45, 2.75) is 34.1 Å². The molecule has 0 bridgehead atoms. The van der Waals surface area contributed by atoms with Crippen LogP contribution in [0.15, 0.2) is 0 Å².